The molecule has 1 saturated heterocycles. The van der Waals surface area contributed by atoms with E-state index in [1.165, 1.54) is 17.9 Å². The summed E-state index contributed by atoms with van der Waals surface area (Å²) in [5.41, 5.74) is 0.918. The molecule has 2 aliphatic heterocycles. The minimum atomic E-state index is -0.383. The Labute approximate surface area is 114 Å². The van der Waals surface area contributed by atoms with Crippen LogP contribution in [0, 0.1) is 5.92 Å². The topological polar surface area (TPSA) is 29.5 Å². The number of benzene rings is 1. The van der Waals surface area contributed by atoms with Gasteiger partial charge in [0.05, 0.1) is 6.10 Å². The first-order valence-electron chi connectivity index (χ1n) is 5.96. The fraction of sp³-hybridized carbons (Fsp3) is 0.538. The van der Waals surface area contributed by atoms with E-state index in [9.17, 15) is 5.11 Å². The van der Waals surface area contributed by atoms with Crippen molar-refractivity contribution in [2.24, 2.45) is 5.92 Å². The quantitative estimate of drug-likeness (QED) is 0.861. The summed E-state index contributed by atoms with van der Waals surface area (Å²) in [4.78, 5) is 0. The van der Waals surface area contributed by atoms with Crippen LogP contribution < -0.4 is 4.74 Å². The Balaban J connectivity index is 1.84. The third-order valence-corrected chi connectivity index (χ3v) is 5.24. The van der Waals surface area contributed by atoms with Gasteiger partial charge < -0.3 is 9.84 Å². The minimum Gasteiger partial charge on any atom is -0.490 e. The SMILES string of the molecule is O[C@@H]1CC(C2CCSC2)Oc2ccc(Br)cc21. The molecule has 1 aromatic carbocycles. The van der Waals surface area contributed by atoms with Gasteiger partial charge in [0, 0.05) is 22.4 Å². The Bertz CT molecular complexity index is 418. The Morgan fingerprint density at radius 3 is 3.06 bits per heavy atom. The number of aliphatic hydroxyl groups is 1. The van der Waals surface area contributed by atoms with Gasteiger partial charge in [-0.05, 0) is 36.1 Å². The summed E-state index contributed by atoms with van der Waals surface area (Å²) < 4.78 is 7.04. The van der Waals surface area contributed by atoms with Gasteiger partial charge in [-0.25, -0.2) is 0 Å². The molecule has 2 aliphatic rings. The molecule has 2 heterocycles. The number of hydrogen-bond acceptors (Lipinski definition) is 3. The summed E-state index contributed by atoms with van der Waals surface area (Å²) in [6.07, 6.45) is 1.75. The molecular formula is C13H15BrO2S. The van der Waals surface area contributed by atoms with Crippen molar-refractivity contribution < 1.29 is 9.84 Å². The molecule has 0 aliphatic carbocycles. The molecule has 1 aromatic rings. The van der Waals surface area contributed by atoms with Gasteiger partial charge in [-0.1, -0.05) is 15.9 Å². The predicted molar refractivity (Wildman–Crippen MR) is 73.6 cm³/mol. The van der Waals surface area contributed by atoms with Gasteiger partial charge in [0.1, 0.15) is 11.9 Å². The third kappa shape index (κ3) is 2.35. The second-order valence-corrected chi connectivity index (χ2v) is 6.78. The fourth-order valence-corrected chi connectivity index (χ4v) is 4.28. The molecule has 0 bridgehead atoms. The molecule has 3 atom stereocenters. The van der Waals surface area contributed by atoms with E-state index in [0.29, 0.717) is 5.92 Å². The van der Waals surface area contributed by atoms with Crippen molar-refractivity contribution >= 4 is 27.7 Å². The molecular weight excluding hydrogens is 300 g/mol. The van der Waals surface area contributed by atoms with Gasteiger partial charge in [-0.3, -0.25) is 0 Å². The van der Waals surface area contributed by atoms with Crippen LogP contribution in [0.1, 0.15) is 24.5 Å². The van der Waals surface area contributed by atoms with Crippen molar-refractivity contribution in [2.45, 2.75) is 25.0 Å². The molecule has 92 valence electrons. The lowest BCUT2D eigenvalue weighted by molar-refractivity contribution is 0.0402. The molecule has 0 aromatic heterocycles. The van der Waals surface area contributed by atoms with Gasteiger partial charge in [0.15, 0.2) is 0 Å². The van der Waals surface area contributed by atoms with Crippen LogP contribution in [0.5, 0.6) is 5.75 Å². The first-order chi connectivity index (χ1) is 8.24. The molecule has 3 rings (SSSR count). The normalized spacial score (nSPS) is 32.0. The zero-order chi connectivity index (χ0) is 11.8. The van der Waals surface area contributed by atoms with Gasteiger partial charge in [0.25, 0.3) is 0 Å². The first-order valence-corrected chi connectivity index (χ1v) is 7.91. The second-order valence-electron chi connectivity index (χ2n) is 4.71. The summed E-state index contributed by atoms with van der Waals surface area (Å²) in [6.45, 7) is 0. The first kappa shape index (κ1) is 11.9. The van der Waals surface area contributed by atoms with Crippen LogP contribution in [0.25, 0.3) is 0 Å². The highest BCUT2D eigenvalue weighted by Gasteiger charge is 2.34. The zero-order valence-electron chi connectivity index (χ0n) is 9.43. The number of fused-ring (bicyclic) bond motifs is 1. The van der Waals surface area contributed by atoms with Crippen molar-refractivity contribution in [2.75, 3.05) is 11.5 Å². The van der Waals surface area contributed by atoms with Crippen molar-refractivity contribution in [3.8, 4) is 5.75 Å². The molecule has 0 spiro atoms. The van der Waals surface area contributed by atoms with Crippen LogP contribution in [-0.4, -0.2) is 22.7 Å². The summed E-state index contributed by atoms with van der Waals surface area (Å²) in [6, 6.07) is 5.88. The Morgan fingerprint density at radius 1 is 1.41 bits per heavy atom. The van der Waals surface area contributed by atoms with Crippen LogP contribution >= 0.6 is 27.7 Å². The number of aliphatic hydroxyl groups excluding tert-OH is 1. The van der Waals surface area contributed by atoms with Gasteiger partial charge in [-0.2, -0.15) is 11.8 Å². The summed E-state index contributed by atoms with van der Waals surface area (Å²) in [7, 11) is 0. The van der Waals surface area contributed by atoms with E-state index in [0.717, 1.165) is 22.2 Å². The van der Waals surface area contributed by atoms with E-state index in [1.807, 2.05) is 30.0 Å². The van der Waals surface area contributed by atoms with Crippen LogP contribution in [-0.2, 0) is 0 Å². The summed E-state index contributed by atoms with van der Waals surface area (Å²) >= 11 is 5.42. The van der Waals surface area contributed by atoms with Gasteiger partial charge in [0.2, 0.25) is 0 Å². The average molecular weight is 315 g/mol. The van der Waals surface area contributed by atoms with Gasteiger partial charge in [-0.15, -0.1) is 0 Å². The third-order valence-electron chi connectivity index (χ3n) is 3.56. The molecule has 17 heavy (non-hydrogen) atoms. The monoisotopic (exact) mass is 314 g/mol. The lowest BCUT2D eigenvalue weighted by atomic mass is 9.91. The van der Waals surface area contributed by atoms with Crippen LogP contribution in [0.2, 0.25) is 0 Å². The number of thioether (sulfide) groups is 1. The molecule has 1 N–H and O–H groups in total. The lowest BCUT2D eigenvalue weighted by Crippen LogP contribution is -2.32. The number of hydrogen-bond donors (Lipinski definition) is 1. The number of halogens is 1. The average Bonchev–Trinajstić information content (AvgIpc) is 2.83. The highest BCUT2D eigenvalue weighted by atomic mass is 79.9. The van der Waals surface area contributed by atoms with E-state index in [4.69, 9.17) is 4.74 Å². The van der Waals surface area contributed by atoms with E-state index < -0.39 is 0 Å². The van der Waals surface area contributed by atoms with E-state index in [1.54, 1.807) is 0 Å². The molecule has 0 saturated carbocycles. The Hall–Kier alpha value is -0.190. The summed E-state index contributed by atoms with van der Waals surface area (Å²) in [5, 5.41) is 10.2. The highest BCUT2D eigenvalue weighted by molar-refractivity contribution is 9.10. The van der Waals surface area contributed by atoms with E-state index in [2.05, 4.69) is 15.9 Å². The molecule has 2 nitrogen and oxygen atoms in total. The molecule has 0 radical (unpaired) electrons. The number of rotatable bonds is 1. The van der Waals surface area contributed by atoms with Crippen molar-refractivity contribution in [1.29, 1.82) is 0 Å². The summed E-state index contributed by atoms with van der Waals surface area (Å²) in [5.74, 6) is 3.86. The van der Waals surface area contributed by atoms with Gasteiger partial charge >= 0.3 is 0 Å². The van der Waals surface area contributed by atoms with Crippen molar-refractivity contribution in [1.82, 2.24) is 0 Å². The smallest absolute Gasteiger partial charge is 0.125 e. The van der Waals surface area contributed by atoms with E-state index >= 15 is 0 Å². The second kappa shape index (κ2) is 4.82. The molecule has 0 amide bonds. The zero-order valence-corrected chi connectivity index (χ0v) is 11.8. The molecule has 2 unspecified atom stereocenters. The predicted octanol–water partition coefficient (Wildman–Crippen LogP) is 3.39. The highest BCUT2D eigenvalue weighted by Crippen LogP contribution is 2.41. The minimum absolute atomic E-state index is 0.189. The van der Waals surface area contributed by atoms with Crippen molar-refractivity contribution in [3.05, 3.63) is 28.2 Å². The lowest BCUT2D eigenvalue weighted by Gasteiger charge is -2.33. The van der Waals surface area contributed by atoms with Crippen LogP contribution in [0.15, 0.2) is 22.7 Å². The van der Waals surface area contributed by atoms with E-state index in [-0.39, 0.29) is 12.2 Å². The molecule has 1 fully saturated rings. The maximum atomic E-state index is 10.2. The van der Waals surface area contributed by atoms with Crippen molar-refractivity contribution in [3.63, 3.8) is 0 Å². The standard InChI is InChI=1S/C13H15BrO2S/c14-9-1-2-12-10(5-9)11(15)6-13(16-12)8-3-4-17-7-8/h1-2,5,8,11,13,15H,3-4,6-7H2/t8?,11-,13?/m1/s1. The Morgan fingerprint density at radius 2 is 2.29 bits per heavy atom. The number of ether oxygens (including phenoxy) is 1. The van der Waals surface area contributed by atoms with Crippen LogP contribution in [0.4, 0.5) is 0 Å². The largest absolute Gasteiger partial charge is 0.490 e. The van der Waals surface area contributed by atoms with Crippen LogP contribution in [0.3, 0.4) is 0 Å². The maximum Gasteiger partial charge on any atom is 0.125 e. The Kier molecular flexibility index (Phi) is 3.37. The fourth-order valence-electron chi connectivity index (χ4n) is 2.58. The molecule has 4 heteroatoms. The maximum absolute atomic E-state index is 10.2.